The summed E-state index contributed by atoms with van der Waals surface area (Å²) in [6, 6.07) is 1.65. The molecule has 0 radical (unpaired) electrons. The van der Waals surface area contributed by atoms with Crippen molar-refractivity contribution in [1.29, 1.82) is 0 Å². The summed E-state index contributed by atoms with van der Waals surface area (Å²) in [5.74, 6) is -1.74. The fourth-order valence-electron chi connectivity index (χ4n) is 1.75. The summed E-state index contributed by atoms with van der Waals surface area (Å²) in [7, 11) is 0. The van der Waals surface area contributed by atoms with Gasteiger partial charge in [-0.1, -0.05) is 13.3 Å². The molecule has 0 aromatic carbocycles. The van der Waals surface area contributed by atoms with Crippen molar-refractivity contribution in [3.05, 3.63) is 23.0 Å². The summed E-state index contributed by atoms with van der Waals surface area (Å²) >= 11 is 0. The molecule has 0 aliphatic rings. The summed E-state index contributed by atoms with van der Waals surface area (Å²) in [6.45, 7) is 5.49. The molecule has 1 rings (SSSR count). The third kappa shape index (κ3) is 4.31. The highest BCUT2D eigenvalue weighted by atomic mass is 16.4. The van der Waals surface area contributed by atoms with Crippen molar-refractivity contribution in [2.45, 2.75) is 33.6 Å². The molecule has 0 fully saturated rings. The molecule has 1 heterocycles. The molecule has 1 aromatic heterocycles. The summed E-state index contributed by atoms with van der Waals surface area (Å²) in [4.78, 5) is 23.0. The number of amides is 1. The van der Waals surface area contributed by atoms with Crippen LogP contribution in [-0.4, -0.2) is 33.7 Å². The van der Waals surface area contributed by atoms with Gasteiger partial charge in [0.2, 0.25) is 0 Å². The molecule has 1 aromatic rings. The maximum atomic E-state index is 12.0. The summed E-state index contributed by atoms with van der Waals surface area (Å²) in [6.07, 6.45) is 1.31. The van der Waals surface area contributed by atoms with Crippen LogP contribution in [0.3, 0.4) is 0 Å². The van der Waals surface area contributed by atoms with Gasteiger partial charge in [0.15, 0.2) is 0 Å². The Morgan fingerprint density at radius 2 is 2.05 bits per heavy atom. The first-order valence-corrected chi connectivity index (χ1v) is 6.27. The zero-order valence-electron chi connectivity index (χ0n) is 11.4. The van der Waals surface area contributed by atoms with Crippen molar-refractivity contribution in [1.82, 2.24) is 15.5 Å². The van der Waals surface area contributed by atoms with Gasteiger partial charge < -0.3 is 10.4 Å². The molecule has 0 saturated heterocycles. The van der Waals surface area contributed by atoms with E-state index in [9.17, 15) is 9.59 Å². The predicted molar refractivity (Wildman–Crippen MR) is 69.9 cm³/mol. The highest BCUT2D eigenvalue weighted by molar-refractivity contribution is 5.95. The second-order valence-electron chi connectivity index (χ2n) is 4.52. The number of aromatic nitrogens is 2. The minimum Gasteiger partial charge on any atom is -0.481 e. The van der Waals surface area contributed by atoms with Crippen LogP contribution >= 0.6 is 0 Å². The zero-order valence-corrected chi connectivity index (χ0v) is 11.4. The number of nitrogens with zero attached hydrogens (tertiary/aromatic N) is 2. The van der Waals surface area contributed by atoms with E-state index >= 15 is 0 Å². The molecule has 6 nitrogen and oxygen atoms in total. The fourth-order valence-corrected chi connectivity index (χ4v) is 1.75. The predicted octanol–water partition coefficient (Wildman–Crippen LogP) is 1.32. The Hall–Kier alpha value is -1.98. The third-order valence-corrected chi connectivity index (χ3v) is 2.84. The van der Waals surface area contributed by atoms with Crippen molar-refractivity contribution in [2.24, 2.45) is 5.92 Å². The molecule has 0 aliphatic carbocycles. The number of carboxylic acid groups (broad SMARTS) is 1. The molecule has 2 N–H and O–H groups in total. The first-order chi connectivity index (χ1) is 8.95. The number of rotatable bonds is 6. The fraction of sp³-hybridized carbons (Fsp3) is 0.538. The van der Waals surface area contributed by atoms with Crippen LogP contribution in [0.5, 0.6) is 0 Å². The van der Waals surface area contributed by atoms with E-state index in [0.29, 0.717) is 23.4 Å². The first kappa shape index (κ1) is 15.1. The smallest absolute Gasteiger partial charge is 0.308 e. The van der Waals surface area contributed by atoms with Gasteiger partial charge in [-0.25, -0.2) is 0 Å². The number of aliphatic carboxylic acids is 1. The van der Waals surface area contributed by atoms with Gasteiger partial charge >= 0.3 is 5.97 Å². The number of nitrogens with one attached hydrogen (secondary N) is 1. The number of aryl methyl sites for hydroxylation is 2. The SMILES string of the molecule is CCCC(CNC(=O)c1cc(C)nnc1C)C(=O)O. The minimum absolute atomic E-state index is 0.128. The number of carbonyl (C=O) groups excluding carboxylic acids is 1. The van der Waals surface area contributed by atoms with Crippen LogP contribution in [-0.2, 0) is 4.79 Å². The summed E-state index contributed by atoms with van der Waals surface area (Å²) in [5, 5.41) is 19.4. The second kappa shape index (κ2) is 6.82. The largest absolute Gasteiger partial charge is 0.481 e. The van der Waals surface area contributed by atoms with E-state index in [1.165, 1.54) is 0 Å². The van der Waals surface area contributed by atoms with Crippen LogP contribution in [0.4, 0.5) is 0 Å². The Morgan fingerprint density at radius 3 is 2.63 bits per heavy atom. The average molecular weight is 265 g/mol. The van der Waals surface area contributed by atoms with E-state index in [2.05, 4.69) is 15.5 Å². The summed E-state index contributed by atoms with van der Waals surface area (Å²) < 4.78 is 0. The number of carboxylic acids is 1. The van der Waals surface area contributed by atoms with Gasteiger partial charge in [0.1, 0.15) is 0 Å². The van der Waals surface area contributed by atoms with E-state index in [1.807, 2.05) is 6.92 Å². The van der Waals surface area contributed by atoms with E-state index < -0.39 is 11.9 Å². The lowest BCUT2D eigenvalue weighted by Gasteiger charge is -2.13. The van der Waals surface area contributed by atoms with Crippen LogP contribution in [0.1, 0.15) is 41.5 Å². The van der Waals surface area contributed by atoms with Gasteiger partial charge in [0.25, 0.3) is 5.91 Å². The Morgan fingerprint density at radius 1 is 1.37 bits per heavy atom. The van der Waals surface area contributed by atoms with Crippen molar-refractivity contribution in [2.75, 3.05) is 6.54 Å². The minimum atomic E-state index is -0.886. The molecule has 6 heteroatoms. The van der Waals surface area contributed by atoms with E-state index in [4.69, 9.17) is 5.11 Å². The lowest BCUT2D eigenvalue weighted by molar-refractivity contribution is -0.141. The number of carbonyl (C=O) groups is 2. The standard InChI is InChI=1S/C13H19N3O3/c1-4-5-10(13(18)19)7-14-12(17)11-6-8(2)15-16-9(11)3/h6,10H,4-5,7H2,1-3H3,(H,14,17)(H,18,19). The van der Waals surface area contributed by atoms with Crippen LogP contribution in [0.2, 0.25) is 0 Å². The van der Waals surface area contributed by atoms with E-state index in [-0.39, 0.29) is 12.5 Å². The van der Waals surface area contributed by atoms with Gasteiger partial charge in [-0.05, 0) is 26.3 Å². The Labute approximate surface area is 112 Å². The van der Waals surface area contributed by atoms with Crippen molar-refractivity contribution in [3.8, 4) is 0 Å². The number of hydrogen-bond acceptors (Lipinski definition) is 4. The topological polar surface area (TPSA) is 92.2 Å². The van der Waals surface area contributed by atoms with E-state index in [0.717, 1.165) is 6.42 Å². The molecule has 104 valence electrons. The second-order valence-corrected chi connectivity index (χ2v) is 4.52. The monoisotopic (exact) mass is 265 g/mol. The van der Waals surface area contributed by atoms with Crippen LogP contribution < -0.4 is 5.32 Å². The number of hydrogen-bond donors (Lipinski definition) is 2. The maximum Gasteiger partial charge on any atom is 0.308 e. The maximum absolute atomic E-state index is 12.0. The van der Waals surface area contributed by atoms with Gasteiger partial charge in [0, 0.05) is 6.54 Å². The normalized spacial score (nSPS) is 11.9. The molecule has 1 unspecified atom stereocenters. The van der Waals surface area contributed by atoms with Gasteiger partial charge in [-0.2, -0.15) is 10.2 Å². The Balaban J connectivity index is 2.69. The average Bonchev–Trinajstić information content (AvgIpc) is 2.36. The molecule has 0 spiro atoms. The molecular formula is C13H19N3O3. The van der Waals surface area contributed by atoms with E-state index in [1.54, 1.807) is 19.9 Å². The molecule has 19 heavy (non-hydrogen) atoms. The van der Waals surface area contributed by atoms with Crippen molar-refractivity contribution >= 4 is 11.9 Å². The van der Waals surface area contributed by atoms with Crippen molar-refractivity contribution < 1.29 is 14.7 Å². The zero-order chi connectivity index (χ0) is 14.4. The highest BCUT2D eigenvalue weighted by Gasteiger charge is 2.18. The molecular weight excluding hydrogens is 246 g/mol. The molecule has 0 saturated carbocycles. The lowest BCUT2D eigenvalue weighted by atomic mass is 10.0. The lowest BCUT2D eigenvalue weighted by Crippen LogP contribution is -2.33. The Kier molecular flexibility index (Phi) is 5.41. The van der Waals surface area contributed by atoms with Crippen molar-refractivity contribution in [3.63, 3.8) is 0 Å². The summed E-state index contributed by atoms with van der Waals surface area (Å²) in [5.41, 5.74) is 1.62. The van der Waals surface area contributed by atoms with Crippen LogP contribution in [0, 0.1) is 19.8 Å². The molecule has 0 bridgehead atoms. The molecule has 1 atom stereocenters. The molecule has 0 aliphatic heterocycles. The highest BCUT2D eigenvalue weighted by Crippen LogP contribution is 2.08. The van der Waals surface area contributed by atoms with Gasteiger partial charge in [-0.15, -0.1) is 0 Å². The third-order valence-electron chi connectivity index (χ3n) is 2.84. The van der Waals surface area contributed by atoms with Gasteiger partial charge in [0.05, 0.1) is 22.9 Å². The van der Waals surface area contributed by atoms with Crippen LogP contribution in [0.15, 0.2) is 6.07 Å². The van der Waals surface area contributed by atoms with Gasteiger partial charge in [-0.3, -0.25) is 9.59 Å². The quantitative estimate of drug-likeness (QED) is 0.809. The molecule has 1 amide bonds. The van der Waals surface area contributed by atoms with Crippen LogP contribution in [0.25, 0.3) is 0 Å². The first-order valence-electron chi connectivity index (χ1n) is 6.27. The Bertz CT molecular complexity index is 474.